The molecule has 2 unspecified atom stereocenters. The maximum atomic E-state index is 12.3. The van der Waals surface area contributed by atoms with Crippen LogP contribution in [0.1, 0.15) is 17.0 Å². The molecule has 1 aliphatic rings. The Bertz CT molecular complexity index is 636. The highest BCUT2D eigenvalue weighted by Crippen LogP contribution is 2.28. The van der Waals surface area contributed by atoms with Crippen molar-refractivity contribution in [2.45, 2.75) is 19.1 Å². The van der Waals surface area contributed by atoms with Crippen molar-refractivity contribution in [3.05, 3.63) is 65.7 Å². The number of hydrogen-bond donors (Lipinski definition) is 1. The fraction of sp³-hybridized carbons (Fsp3) is 0.368. The Labute approximate surface area is 140 Å². The van der Waals surface area contributed by atoms with Crippen LogP contribution in [0.15, 0.2) is 54.6 Å². The van der Waals surface area contributed by atoms with Crippen molar-refractivity contribution in [3.63, 3.8) is 0 Å². The SMILES string of the molecule is FC(F)Oc1cccc(COCC2CNCC2c2ccccc2)c1. The van der Waals surface area contributed by atoms with Gasteiger partial charge in [0.2, 0.25) is 0 Å². The van der Waals surface area contributed by atoms with E-state index in [0.29, 0.717) is 25.0 Å². The topological polar surface area (TPSA) is 30.5 Å². The Hall–Kier alpha value is -1.98. The van der Waals surface area contributed by atoms with Gasteiger partial charge in [0, 0.05) is 24.9 Å². The zero-order valence-corrected chi connectivity index (χ0v) is 13.3. The quantitative estimate of drug-likeness (QED) is 0.836. The zero-order chi connectivity index (χ0) is 16.8. The molecule has 0 amide bonds. The molecule has 1 heterocycles. The van der Waals surface area contributed by atoms with Gasteiger partial charge in [0.15, 0.2) is 0 Å². The molecule has 5 heteroatoms. The highest BCUT2D eigenvalue weighted by Gasteiger charge is 2.28. The summed E-state index contributed by atoms with van der Waals surface area (Å²) in [6.07, 6.45) is 0. The smallest absolute Gasteiger partial charge is 0.387 e. The number of benzene rings is 2. The molecule has 0 bridgehead atoms. The summed E-state index contributed by atoms with van der Waals surface area (Å²) >= 11 is 0. The molecule has 1 N–H and O–H groups in total. The van der Waals surface area contributed by atoms with E-state index in [4.69, 9.17) is 4.74 Å². The van der Waals surface area contributed by atoms with Crippen molar-refractivity contribution in [2.24, 2.45) is 5.92 Å². The van der Waals surface area contributed by atoms with Crippen LogP contribution in [-0.4, -0.2) is 26.3 Å². The largest absolute Gasteiger partial charge is 0.435 e. The first-order valence-electron chi connectivity index (χ1n) is 8.09. The molecule has 1 saturated heterocycles. The van der Waals surface area contributed by atoms with E-state index in [1.165, 1.54) is 11.6 Å². The lowest BCUT2D eigenvalue weighted by Crippen LogP contribution is -2.17. The van der Waals surface area contributed by atoms with Crippen LogP contribution in [0.3, 0.4) is 0 Å². The van der Waals surface area contributed by atoms with Gasteiger partial charge in [-0.3, -0.25) is 0 Å². The molecular formula is C19H21F2NO2. The highest BCUT2D eigenvalue weighted by atomic mass is 19.3. The molecular weight excluding hydrogens is 312 g/mol. The lowest BCUT2D eigenvalue weighted by atomic mass is 9.89. The minimum absolute atomic E-state index is 0.163. The first-order chi connectivity index (χ1) is 11.7. The Morgan fingerprint density at radius 2 is 1.88 bits per heavy atom. The monoisotopic (exact) mass is 333 g/mol. The number of rotatable bonds is 7. The molecule has 0 aromatic heterocycles. The molecule has 1 fully saturated rings. The van der Waals surface area contributed by atoms with Crippen LogP contribution >= 0.6 is 0 Å². The second kappa shape index (κ2) is 8.22. The Kier molecular flexibility index (Phi) is 5.77. The summed E-state index contributed by atoms with van der Waals surface area (Å²) < 4.78 is 34.7. The second-order valence-corrected chi connectivity index (χ2v) is 5.98. The predicted octanol–water partition coefficient (Wildman–Crippen LogP) is 3.81. The van der Waals surface area contributed by atoms with Crippen molar-refractivity contribution < 1.29 is 18.3 Å². The van der Waals surface area contributed by atoms with E-state index in [2.05, 4.69) is 34.3 Å². The minimum Gasteiger partial charge on any atom is -0.435 e. The first-order valence-corrected chi connectivity index (χ1v) is 8.09. The number of alkyl halides is 2. The van der Waals surface area contributed by atoms with Crippen LogP contribution in [0, 0.1) is 5.92 Å². The number of halogens is 2. The molecule has 0 spiro atoms. The molecule has 2 aromatic carbocycles. The van der Waals surface area contributed by atoms with Gasteiger partial charge in [-0.15, -0.1) is 0 Å². The standard InChI is InChI=1S/C19H21F2NO2/c20-19(21)24-17-8-4-5-14(9-17)12-23-13-16-10-22-11-18(16)15-6-2-1-3-7-15/h1-9,16,18-19,22H,10-13H2. The maximum absolute atomic E-state index is 12.3. The third-order valence-corrected chi connectivity index (χ3v) is 4.29. The van der Waals surface area contributed by atoms with Gasteiger partial charge in [0.05, 0.1) is 13.2 Å². The van der Waals surface area contributed by atoms with Gasteiger partial charge in [-0.1, -0.05) is 42.5 Å². The van der Waals surface area contributed by atoms with Crippen molar-refractivity contribution in [2.75, 3.05) is 19.7 Å². The van der Waals surface area contributed by atoms with Gasteiger partial charge in [-0.25, -0.2) is 0 Å². The van der Waals surface area contributed by atoms with Crippen LogP contribution in [-0.2, 0) is 11.3 Å². The zero-order valence-electron chi connectivity index (χ0n) is 13.3. The van der Waals surface area contributed by atoms with Crippen molar-refractivity contribution in [3.8, 4) is 5.75 Å². The van der Waals surface area contributed by atoms with Gasteiger partial charge in [-0.05, 0) is 23.3 Å². The molecule has 2 atom stereocenters. The van der Waals surface area contributed by atoms with Crippen LogP contribution in [0.25, 0.3) is 0 Å². The van der Waals surface area contributed by atoms with E-state index >= 15 is 0 Å². The van der Waals surface area contributed by atoms with Crippen LogP contribution < -0.4 is 10.1 Å². The van der Waals surface area contributed by atoms with E-state index in [1.54, 1.807) is 12.1 Å². The summed E-state index contributed by atoms with van der Waals surface area (Å²) in [7, 11) is 0. The fourth-order valence-electron chi connectivity index (χ4n) is 3.14. The third kappa shape index (κ3) is 4.52. The molecule has 0 aliphatic carbocycles. The van der Waals surface area contributed by atoms with Gasteiger partial charge in [0.1, 0.15) is 5.75 Å². The Morgan fingerprint density at radius 3 is 2.67 bits per heavy atom. The van der Waals surface area contributed by atoms with E-state index in [-0.39, 0.29) is 5.75 Å². The third-order valence-electron chi connectivity index (χ3n) is 4.29. The molecule has 24 heavy (non-hydrogen) atoms. The number of nitrogens with one attached hydrogen (secondary N) is 1. The molecule has 0 saturated carbocycles. The molecule has 2 aromatic rings. The molecule has 128 valence electrons. The molecule has 1 aliphatic heterocycles. The van der Waals surface area contributed by atoms with Crippen LogP contribution in [0.2, 0.25) is 0 Å². The van der Waals surface area contributed by atoms with E-state index in [1.807, 2.05) is 12.1 Å². The number of hydrogen-bond acceptors (Lipinski definition) is 3. The van der Waals surface area contributed by atoms with E-state index in [9.17, 15) is 8.78 Å². The Morgan fingerprint density at radius 1 is 1.04 bits per heavy atom. The summed E-state index contributed by atoms with van der Waals surface area (Å²) in [5.41, 5.74) is 2.15. The van der Waals surface area contributed by atoms with Gasteiger partial charge < -0.3 is 14.8 Å². The highest BCUT2D eigenvalue weighted by molar-refractivity contribution is 5.28. The van der Waals surface area contributed by atoms with E-state index in [0.717, 1.165) is 18.7 Å². The molecule has 0 radical (unpaired) electrons. The number of ether oxygens (including phenoxy) is 2. The van der Waals surface area contributed by atoms with Gasteiger partial charge in [0.25, 0.3) is 0 Å². The molecule has 3 rings (SSSR count). The summed E-state index contributed by atoms with van der Waals surface area (Å²) in [5.74, 6) is 1.02. The fourth-order valence-corrected chi connectivity index (χ4v) is 3.14. The van der Waals surface area contributed by atoms with Crippen molar-refractivity contribution in [1.82, 2.24) is 5.32 Å². The average Bonchev–Trinajstić information content (AvgIpc) is 3.04. The van der Waals surface area contributed by atoms with Crippen LogP contribution in [0.5, 0.6) is 5.75 Å². The predicted molar refractivity (Wildman–Crippen MR) is 88.3 cm³/mol. The van der Waals surface area contributed by atoms with Crippen molar-refractivity contribution >= 4 is 0 Å². The summed E-state index contributed by atoms with van der Waals surface area (Å²) in [6, 6.07) is 17.1. The minimum atomic E-state index is -2.81. The summed E-state index contributed by atoms with van der Waals surface area (Å²) in [5, 5.41) is 3.42. The lowest BCUT2D eigenvalue weighted by Gasteiger charge is -2.19. The second-order valence-electron chi connectivity index (χ2n) is 5.98. The normalized spacial score (nSPS) is 20.5. The Balaban J connectivity index is 1.52. The van der Waals surface area contributed by atoms with Crippen molar-refractivity contribution in [1.29, 1.82) is 0 Å². The van der Waals surface area contributed by atoms with Gasteiger partial charge in [-0.2, -0.15) is 8.78 Å². The van der Waals surface area contributed by atoms with E-state index < -0.39 is 6.61 Å². The molecule has 3 nitrogen and oxygen atoms in total. The average molecular weight is 333 g/mol. The van der Waals surface area contributed by atoms with Gasteiger partial charge >= 0.3 is 6.61 Å². The summed E-state index contributed by atoms with van der Waals surface area (Å²) in [4.78, 5) is 0. The van der Waals surface area contributed by atoms with Crippen LogP contribution in [0.4, 0.5) is 8.78 Å². The lowest BCUT2D eigenvalue weighted by molar-refractivity contribution is -0.0499. The summed E-state index contributed by atoms with van der Waals surface area (Å²) in [6.45, 7) is 0.0896. The maximum Gasteiger partial charge on any atom is 0.387 e. The first kappa shape index (κ1) is 16.9.